The second-order valence-corrected chi connectivity index (χ2v) is 5.22. The number of pyridine rings is 1. The predicted octanol–water partition coefficient (Wildman–Crippen LogP) is 3.90. The first-order valence-corrected chi connectivity index (χ1v) is 6.94. The van der Waals surface area contributed by atoms with Crippen molar-refractivity contribution in [2.75, 3.05) is 0 Å². The summed E-state index contributed by atoms with van der Waals surface area (Å²) in [7, 11) is 0. The molecule has 0 atom stereocenters. The minimum Gasteiger partial charge on any atom is -0.315 e. The quantitative estimate of drug-likeness (QED) is 0.714. The van der Waals surface area contributed by atoms with E-state index in [-0.39, 0.29) is 5.56 Å². The minimum absolute atomic E-state index is 0.0148. The maximum absolute atomic E-state index is 12.4. The van der Waals surface area contributed by atoms with Gasteiger partial charge in [0, 0.05) is 23.2 Å². The molecule has 0 saturated heterocycles. The molecule has 0 saturated carbocycles. The SMILES string of the molecule is O=c1c2cc(Cl)ccc2ccn1CCc1ccccc1. The van der Waals surface area contributed by atoms with Crippen LogP contribution < -0.4 is 5.56 Å². The Labute approximate surface area is 122 Å². The predicted molar refractivity (Wildman–Crippen MR) is 83.4 cm³/mol. The molecule has 1 heterocycles. The zero-order valence-corrected chi connectivity index (χ0v) is 11.7. The van der Waals surface area contributed by atoms with E-state index in [1.807, 2.05) is 36.5 Å². The standard InChI is InChI=1S/C17H14ClNO/c18-15-7-6-14-9-11-19(17(20)16(14)12-15)10-8-13-4-2-1-3-5-13/h1-7,9,11-12H,8,10H2. The van der Waals surface area contributed by atoms with E-state index in [0.717, 1.165) is 11.8 Å². The third kappa shape index (κ3) is 2.61. The first-order chi connectivity index (χ1) is 9.74. The van der Waals surface area contributed by atoms with Crippen LogP contribution in [-0.2, 0) is 13.0 Å². The van der Waals surface area contributed by atoms with Gasteiger partial charge in [-0.05, 0) is 35.6 Å². The molecule has 0 fully saturated rings. The molecule has 0 amide bonds. The average Bonchev–Trinajstić information content (AvgIpc) is 2.48. The van der Waals surface area contributed by atoms with Crippen molar-refractivity contribution in [1.29, 1.82) is 0 Å². The van der Waals surface area contributed by atoms with Crippen molar-refractivity contribution in [1.82, 2.24) is 4.57 Å². The summed E-state index contributed by atoms with van der Waals surface area (Å²) in [6.07, 6.45) is 2.69. The summed E-state index contributed by atoms with van der Waals surface area (Å²) in [4.78, 5) is 12.4. The number of aromatic nitrogens is 1. The number of benzene rings is 2. The minimum atomic E-state index is 0.0148. The summed E-state index contributed by atoms with van der Waals surface area (Å²) in [5, 5.41) is 2.19. The van der Waals surface area contributed by atoms with Gasteiger partial charge in [0.25, 0.3) is 5.56 Å². The van der Waals surface area contributed by atoms with E-state index < -0.39 is 0 Å². The van der Waals surface area contributed by atoms with Gasteiger partial charge in [0.1, 0.15) is 0 Å². The van der Waals surface area contributed by atoms with Gasteiger partial charge in [-0.25, -0.2) is 0 Å². The second-order valence-electron chi connectivity index (χ2n) is 4.78. The van der Waals surface area contributed by atoms with E-state index in [1.54, 1.807) is 16.7 Å². The first-order valence-electron chi connectivity index (χ1n) is 6.57. The molecule has 3 rings (SSSR count). The van der Waals surface area contributed by atoms with Crippen LogP contribution in [0, 0.1) is 0 Å². The number of hydrogen-bond donors (Lipinski definition) is 0. The Balaban J connectivity index is 1.92. The lowest BCUT2D eigenvalue weighted by Crippen LogP contribution is -2.20. The fourth-order valence-electron chi connectivity index (χ4n) is 2.32. The summed E-state index contributed by atoms with van der Waals surface area (Å²) in [5.41, 5.74) is 1.24. The number of rotatable bonds is 3. The molecular weight excluding hydrogens is 270 g/mol. The third-order valence-corrected chi connectivity index (χ3v) is 3.66. The van der Waals surface area contributed by atoms with Crippen LogP contribution in [0.3, 0.4) is 0 Å². The molecule has 0 bridgehead atoms. The highest BCUT2D eigenvalue weighted by atomic mass is 35.5. The van der Waals surface area contributed by atoms with Gasteiger partial charge < -0.3 is 4.57 Å². The Hall–Kier alpha value is -2.06. The summed E-state index contributed by atoms with van der Waals surface area (Å²) < 4.78 is 1.74. The van der Waals surface area contributed by atoms with E-state index in [0.29, 0.717) is 17.0 Å². The van der Waals surface area contributed by atoms with Gasteiger partial charge in [0.15, 0.2) is 0 Å². The molecule has 100 valence electrons. The smallest absolute Gasteiger partial charge is 0.258 e. The Morgan fingerprint density at radius 3 is 2.60 bits per heavy atom. The van der Waals surface area contributed by atoms with Crippen LogP contribution in [0.25, 0.3) is 10.8 Å². The molecular formula is C17H14ClNO. The molecule has 3 heteroatoms. The van der Waals surface area contributed by atoms with Gasteiger partial charge in [0.2, 0.25) is 0 Å². The van der Waals surface area contributed by atoms with Crippen molar-refractivity contribution >= 4 is 22.4 Å². The van der Waals surface area contributed by atoms with E-state index in [2.05, 4.69) is 12.1 Å². The molecule has 0 spiro atoms. The zero-order chi connectivity index (χ0) is 13.9. The number of halogens is 1. The van der Waals surface area contributed by atoms with Crippen LogP contribution in [0.15, 0.2) is 65.6 Å². The lowest BCUT2D eigenvalue weighted by atomic mass is 10.1. The van der Waals surface area contributed by atoms with E-state index in [9.17, 15) is 4.79 Å². The topological polar surface area (TPSA) is 22.0 Å². The average molecular weight is 284 g/mol. The Morgan fingerprint density at radius 1 is 1.00 bits per heavy atom. The molecule has 0 aliphatic carbocycles. The van der Waals surface area contributed by atoms with Crippen molar-refractivity contribution in [2.45, 2.75) is 13.0 Å². The number of nitrogens with zero attached hydrogens (tertiary/aromatic N) is 1. The lowest BCUT2D eigenvalue weighted by Gasteiger charge is -2.07. The van der Waals surface area contributed by atoms with Crippen LogP contribution in [0.5, 0.6) is 0 Å². The van der Waals surface area contributed by atoms with Gasteiger partial charge in [-0.3, -0.25) is 4.79 Å². The van der Waals surface area contributed by atoms with E-state index >= 15 is 0 Å². The number of aryl methyl sites for hydroxylation is 2. The zero-order valence-electron chi connectivity index (χ0n) is 10.9. The molecule has 0 unspecified atom stereocenters. The normalized spacial score (nSPS) is 10.8. The van der Waals surface area contributed by atoms with E-state index in [4.69, 9.17) is 11.6 Å². The first kappa shape index (κ1) is 12.9. The van der Waals surface area contributed by atoms with Crippen molar-refractivity contribution in [2.24, 2.45) is 0 Å². The Bertz CT molecular complexity index is 793. The molecule has 3 aromatic rings. The summed E-state index contributed by atoms with van der Waals surface area (Å²) in [6.45, 7) is 0.672. The summed E-state index contributed by atoms with van der Waals surface area (Å²) >= 11 is 5.97. The molecule has 1 aromatic heterocycles. The largest absolute Gasteiger partial charge is 0.315 e. The molecule has 0 aliphatic rings. The molecule has 2 nitrogen and oxygen atoms in total. The number of fused-ring (bicyclic) bond motifs is 1. The fraction of sp³-hybridized carbons (Fsp3) is 0.118. The van der Waals surface area contributed by atoms with Crippen molar-refractivity contribution in [3.05, 3.63) is 81.7 Å². The van der Waals surface area contributed by atoms with Gasteiger partial charge in [0.05, 0.1) is 0 Å². The van der Waals surface area contributed by atoms with Crippen LogP contribution in [-0.4, -0.2) is 4.57 Å². The van der Waals surface area contributed by atoms with Crippen LogP contribution >= 0.6 is 11.6 Å². The summed E-state index contributed by atoms with van der Waals surface area (Å²) in [6, 6.07) is 17.5. The number of hydrogen-bond acceptors (Lipinski definition) is 1. The molecule has 0 radical (unpaired) electrons. The Morgan fingerprint density at radius 2 is 1.80 bits per heavy atom. The van der Waals surface area contributed by atoms with E-state index in [1.165, 1.54) is 5.56 Å². The maximum atomic E-state index is 12.4. The van der Waals surface area contributed by atoms with Crippen molar-refractivity contribution in [3.8, 4) is 0 Å². The van der Waals surface area contributed by atoms with Crippen LogP contribution in [0.4, 0.5) is 0 Å². The van der Waals surface area contributed by atoms with Gasteiger partial charge in [-0.15, -0.1) is 0 Å². The van der Waals surface area contributed by atoms with Crippen LogP contribution in [0.1, 0.15) is 5.56 Å². The highest BCUT2D eigenvalue weighted by Crippen LogP contribution is 2.16. The Kier molecular flexibility index (Phi) is 3.57. The van der Waals surface area contributed by atoms with Crippen molar-refractivity contribution < 1.29 is 0 Å². The highest BCUT2D eigenvalue weighted by Gasteiger charge is 2.03. The second kappa shape index (κ2) is 5.51. The van der Waals surface area contributed by atoms with Gasteiger partial charge in [-0.2, -0.15) is 0 Å². The van der Waals surface area contributed by atoms with Crippen molar-refractivity contribution in [3.63, 3.8) is 0 Å². The molecule has 2 aromatic carbocycles. The third-order valence-electron chi connectivity index (χ3n) is 3.42. The monoisotopic (exact) mass is 283 g/mol. The van der Waals surface area contributed by atoms with Gasteiger partial charge >= 0.3 is 0 Å². The molecule has 0 N–H and O–H groups in total. The lowest BCUT2D eigenvalue weighted by molar-refractivity contribution is 0.675. The van der Waals surface area contributed by atoms with Gasteiger partial charge in [-0.1, -0.05) is 48.0 Å². The van der Waals surface area contributed by atoms with Crippen LogP contribution in [0.2, 0.25) is 5.02 Å². The molecule has 0 aliphatic heterocycles. The fourth-order valence-corrected chi connectivity index (χ4v) is 2.49. The highest BCUT2D eigenvalue weighted by molar-refractivity contribution is 6.31. The summed E-state index contributed by atoms with van der Waals surface area (Å²) in [5.74, 6) is 0. The maximum Gasteiger partial charge on any atom is 0.258 e. The molecule has 20 heavy (non-hydrogen) atoms.